The highest BCUT2D eigenvalue weighted by molar-refractivity contribution is 5.89. The molecule has 5 nitrogen and oxygen atoms in total. The van der Waals surface area contributed by atoms with Gasteiger partial charge in [0.15, 0.2) is 0 Å². The summed E-state index contributed by atoms with van der Waals surface area (Å²) in [6.07, 6.45) is -0.0624. The van der Waals surface area contributed by atoms with Gasteiger partial charge in [0.1, 0.15) is 5.60 Å². The summed E-state index contributed by atoms with van der Waals surface area (Å²) < 4.78 is 18.8. The number of carbonyl (C=O) groups is 2. The number of ether oxygens (including phenoxy) is 1. The van der Waals surface area contributed by atoms with Gasteiger partial charge < -0.3 is 14.7 Å². The molecule has 1 aromatic carbocycles. The zero-order valence-electron chi connectivity index (χ0n) is 13.6. The molecule has 2 rings (SSSR count). The first-order chi connectivity index (χ1) is 10.7. The Labute approximate surface area is 135 Å². The lowest BCUT2D eigenvalue weighted by Gasteiger charge is -2.31. The van der Waals surface area contributed by atoms with Gasteiger partial charge in [-0.3, -0.25) is 4.39 Å². The summed E-state index contributed by atoms with van der Waals surface area (Å²) >= 11 is 0. The molecule has 1 aromatic rings. The zero-order valence-corrected chi connectivity index (χ0v) is 13.6. The van der Waals surface area contributed by atoms with Crippen LogP contribution in [-0.2, 0) is 4.74 Å². The third kappa shape index (κ3) is 3.81. The Bertz CT molecular complexity index is 597. The van der Waals surface area contributed by atoms with Gasteiger partial charge in [-0.2, -0.15) is 0 Å². The van der Waals surface area contributed by atoms with Gasteiger partial charge in [-0.1, -0.05) is 18.2 Å². The second-order valence-corrected chi connectivity index (χ2v) is 6.71. The predicted octanol–water partition coefficient (Wildman–Crippen LogP) is 3.65. The van der Waals surface area contributed by atoms with Crippen molar-refractivity contribution >= 4 is 12.1 Å². The lowest BCUT2D eigenvalue weighted by atomic mass is 9.91. The molecule has 0 aliphatic carbocycles. The quantitative estimate of drug-likeness (QED) is 0.922. The smallest absolute Gasteiger partial charge is 0.410 e. The average molecular weight is 323 g/mol. The molecular weight excluding hydrogens is 301 g/mol. The van der Waals surface area contributed by atoms with E-state index in [0.717, 1.165) is 0 Å². The fourth-order valence-corrected chi connectivity index (χ4v) is 2.91. The normalized spacial score (nSPS) is 21.3. The van der Waals surface area contributed by atoms with E-state index in [4.69, 9.17) is 4.74 Å². The van der Waals surface area contributed by atoms with Crippen molar-refractivity contribution in [3.63, 3.8) is 0 Å². The molecule has 1 aliphatic heterocycles. The fourth-order valence-electron chi connectivity index (χ4n) is 2.91. The van der Waals surface area contributed by atoms with E-state index < -0.39 is 36.3 Å². The molecule has 1 saturated heterocycles. The highest BCUT2D eigenvalue weighted by atomic mass is 19.1. The second kappa shape index (κ2) is 6.56. The number of hydrogen-bond donors (Lipinski definition) is 1. The molecule has 2 unspecified atom stereocenters. The van der Waals surface area contributed by atoms with Crippen molar-refractivity contribution < 1.29 is 23.8 Å². The van der Waals surface area contributed by atoms with Crippen LogP contribution < -0.4 is 0 Å². The van der Waals surface area contributed by atoms with Crippen molar-refractivity contribution in [3.8, 4) is 0 Å². The Balaban J connectivity index is 2.39. The Morgan fingerprint density at radius 1 is 1.35 bits per heavy atom. The number of carboxylic acids is 1. The monoisotopic (exact) mass is 323 g/mol. The average Bonchev–Trinajstić information content (AvgIpc) is 2.89. The minimum atomic E-state index is -1.09. The van der Waals surface area contributed by atoms with Crippen molar-refractivity contribution in [2.45, 2.75) is 38.8 Å². The van der Waals surface area contributed by atoms with Crippen LogP contribution in [-0.4, -0.2) is 40.9 Å². The van der Waals surface area contributed by atoms with Gasteiger partial charge in [-0.25, -0.2) is 9.59 Å². The van der Waals surface area contributed by atoms with Crippen molar-refractivity contribution in [2.24, 2.45) is 5.92 Å². The van der Waals surface area contributed by atoms with Crippen LogP contribution in [0.1, 0.15) is 49.2 Å². The van der Waals surface area contributed by atoms with Gasteiger partial charge in [-0.05, 0) is 38.8 Å². The maximum atomic E-state index is 13.4. The lowest BCUT2D eigenvalue weighted by Crippen LogP contribution is -2.38. The van der Waals surface area contributed by atoms with E-state index in [-0.39, 0.29) is 5.56 Å². The molecular formula is C17H22FNO4. The highest BCUT2D eigenvalue weighted by Gasteiger charge is 2.41. The molecule has 0 aromatic heterocycles. The molecule has 6 heteroatoms. The van der Waals surface area contributed by atoms with Crippen LogP contribution in [0.2, 0.25) is 0 Å². The van der Waals surface area contributed by atoms with Crippen LogP contribution >= 0.6 is 0 Å². The van der Waals surface area contributed by atoms with E-state index in [1.807, 2.05) is 0 Å². The number of nitrogens with zero attached hydrogens (tertiary/aromatic N) is 1. The van der Waals surface area contributed by atoms with Gasteiger partial charge >= 0.3 is 12.1 Å². The van der Waals surface area contributed by atoms with E-state index in [0.29, 0.717) is 18.5 Å². The van der Waals surface area contributed by atoms with Crippen molar-refractivity contribution in [1.82, 2.24) is 4.90 Å². The van der Waals surface area contributed by atoms with Crippen LogP contribution in [0.15, 0.2) is 24.3 Å². The predicted molar refractivity (Wildman–Crippen MR) is 83.2 cm³/mol. The maximum absolute atomic E-state index is 13.4. The molecule has 0 bridgehead atoms. The molecule has 1 amide bonds. The molecule has 1 N–H and O–H groups in total. The Hall–Kier alpha value is -2.11. The number of carboxylic acid groups (broad SMARTS) is 1. The fraction of sp³-hybridized carbons (Fsp3) is 0.529. The minimum Gasteiger partial charge on any atom is -0.478 e. The van der Waals surface area contributed by atoms with Crippen LogP contribution in [0.25, 0.3) is 0 Å². The number of likely N-dealkylation sites (tertiary alicyclic amines) is 1. The second-order valence-electron chi connectivity index (χ2n) is 6.71. The standard InChI is InChI=1S/C17H22FNO4/c1-17(2,3)23-16(22)19-9-8-11(10-18)14(19)12-6-4-5-7-13(12)15(20)21/h4-7,11,14H,8-10H2,1-3H3,(H,20,21). The number of carbonyl (C=O) groups excluding carboxylic acids is 1. The summed E-state index contributed by atoms with van der Waals surface area (Å²) in [5, 5.41) is 9.37. The molecule has 2 atom stereocenters. The summed E-state index contributed by atoms with van der Waals surface area (Å²) in [5.41, 5.74) is -0.126. The summed E-state index contributed by atoms with van der Waals surface area (Å²) in [6, 6.07) is 5.80. The van der Waals surface area contributed by atoms with E-state index in [1.165, 1.54) is 11.0 Å². The van der Waals surface area contributed by atoms with E-state index >= 15 is 0 Å². The van der Waals surface area contributed by atoms with Gasteiger partial charge in [-0.15, -0.1) is 0 Å². The molecule has 1 fully saturated rings. The number of amides is 1. The largest absolute Gasteiger partial charge is 0.478 e. The first-order valence-electron chi connectivity index (χ1n) is 7.62. The van der Waals surface area contributed by atoms with Crippen LogP contribution in [0.4, 0.5) is 9.18 Å². The molecule has 1 heterocycles. The summed E-state index contributed by atoms with van der Waals surface area (Å²) in [4.78, 5) is 25.3. The summed E-state index contributed by atoms with van der Waals surface area (Å²) in [7, 11) is 0. The van der Waals surface area contributed by atoms with E-state index in [9.17, 15) is 19.1 Å². The van der Waals surface area contributed by atoms with Crippen LogP contribution in [0.3, 0.4) is 0 Å². The first kappa shape index (κ1) is 17.2. The number of halogens is 1. The topological polar surface area (TPSA) is 66.8 Å². The minimum absolute atomic E-state index is 0.0893. The summed E-state index contributed by atoms with van der Waals surface area (Å²) in [6.45, 7) is 5.01. The molecule has 0 radical (unpaired) electrons. The van der Waals surface area contributed by atoms with Gasteiger partial charge in [0.25, 0.3) is 0 Å². The summed E-state index contributed by atoms with van der Waals surface area (Å²) in [5.74, 6) is -1.52. The molecule has 126 valence electrons. The molecule has 23 heavy (non-hydrogen) atoms. The van der Waals surface area contributed by atoms with Crippen LogP contribution in [0, 0.1) is 5.92 Å². The molecule has 0 saturated carbocycles. The zero-order chi connectivity index (χ0) is 17.2. The van der Waals surface area contributed by atoms with E-state index in [2.05, 4.69) is 0 Å². The highest BCUT2D eigenvalue weighted by Crippen LogP contribution is 2.39. The number of alkyl halides is 1. The van der Waals surface area contributed by atoms with Crippen LogP contribution in [0.5, 0.6) is 0 Å². The van der Waals surface area contributed by atoms with Crippen molar-refractivity contribution in [1.29, 1.82) is 0 Å². The van der Waals surface area contributed by atoms with Gasteiger partial charge in [0.2, 0.25) is 0 Å². The molecule has 1 aliphatic rings. The number of benzene rings is 1. The number of rotatable bonds is 3. The molecule has 0 spiro atoms. The van der Waals surface area contributed by atoms with Crippen molar-refractivity contribution in [2.75, 3.05) is 13.2 Å². The van der Waals surface area contributed by atoms with Gasteiger partial charge in [0, 0.05) is 12.5 Å². The third-order valence-electron chi connectivity index (χ3n) is 3.86. The van der Waals surface area contributed by atoms with Gasteiger partial charge in [0.05, 0.1) is 18.3 Å². The Kier molecular flexibility index (Phi) is 4.92. The number of hydrogen-bond acceptors (Lipinski definition) is 3. The Morgan fingerprint density at radius 2 is 2.00 bits per heavy atom. The maximum Gasteiger partial charge on any atom is 0.410 e. The van der Waals surface area contributed by atoms with E-state index in [1.54, 1.807) is 39.0 Å². The first-order valence-corrected chi connectivity index (χ1v) is 7.62. The SMILES string of the molecule is CC(C)(C)OC(=O)N1CCC(CF)C1c1ccccc1C(=O)O. The third-order valence-corrected chi connectivity index (χ3v) is 3.86. The lowest BCUT2D eigenvalue weighted by molar-refractivity contribution is 0.0197. The number of aromatic carboxylic acids is 1. The van der Waals surface area contributed by atoms with Crippen molar-refractivity contribution in [3.05, 3.63) is 35.4 Å². The Morgan fingerprint density at radius 3 is 2.57 bits per heavy atom.